The van der Waals surface area contributed by atoms with Crippen LogP contribution in [0.25, 0.3) is 0 Å². The summed E-state index contributed by atoms with van der Waals surface area (Å²) in [6.07, 6.45) is 4.04. The lowest BCUT2D eigenvalue weighted by atomic mass is 10.2. The van der Waals surface area contributed by atoms with Crippen LogP contribution in [0.4, 0.5) is 0 Å². The van der Waals surface area contributed by atoms with E-state index in [9.17, 15) is 5.11 Å². The number of β-amino-alcohol motifs (C(OH)–C–C–N with tert-alkyl or cyclic N) is 1. The van der Waals surface area contributed by atoms with E-state index in [1.165, 1.54) is 0 Å². The molecule has 1 fully saturated rings. The molecule has 0 saturated carbocycles. The number of nitrogens with zero attached hydrogens (tertiary/aromatic N) is 3. The van der Waals surface area contributed by atoms with Gasteiger partial charge in [-0.25, -0.2) is 0 Å². The van der Waals surface area contributed by atoms with Crippen molar-refractivity contribution in [1.29, 1.82) is 0 Å². The lowest BCUT2D eigenvalue weighted by Crippen LogP contribution is -2.37. The highest BCUT2D eigenvalue weighted by molar-refractivity contribution is 6.31. The van der Waals surface area contributed by atoms with E-state index < -0.39 is 0 Å². The third-order valence-corrected chi connectivity index (χ3v) is 3.65. The Kier molecular flexibility index (Phi) is 4.56. The predicted octanol–water partition coefficient (Wildman–Crippen LogP) is 1.23. The largest absolute Gasteiger partial charge is 0.392 e. The number of aromatic nitrogens is 1. The van der Waals surface area contributed by atoms with E-state index in [0.717, 1.165) is 31.6 Å². The minimum absolute atomic E-state index is 0.226. The number of likely N-dealkylation sites (N-methyl/N-ethyl adjacent to an activating group) is 1. The van der Waals surface area contributed by atoms with Crippen LogP contribution in [-0.2, 0) is 6.54 Å². The molecule has 1 aromatic rings. The molecule has 1 aliphatic rings. The SMILES string of the molecule is CN(C)CC1CC(O)CN1Cc1ccncc1Cl. The number of aliphatic hydroxyl groups is 1. The zero-order valence-electron chi connectivity index (χ0n) is 10.9. The summed E-state index contributed by atoms with van der Waals surface area (Å²) in [5.41, 5.74) is 1.07. The molecule has 0 spiro atoms. The maximum Gasteiger partial charge on any atom is 0.0682 e. The summed E-state index contributed by atoms with van der Waals surface area (Å²) in [6.45, 7) is 2.45. The molecule has 0 bridgehead atoms. The molecule has 2 unspecified atom stereocenters. The van der Waals surface area contributed by atoms with Crippen LogP contribution in [-0.4, -0.2) is 59.2 Å². The van der Waals surface area contributed by atoms with Gasteiger partial charge in [0.15, 0.2) is 0 Å². The van der Waals surface area contributed by atoms with Crippen LogP contribution >= 0.6 is 11.6 Å². The molecule has 18 heavy (non-hydrogen) atoms. The average molecular weight is 270 g/mol. The topological polar surface area (TPSA) is 39.6 Å². The fourth-order valence-corrected chi connectivity index (χ4v) is 2.69. The smallest absolute Gasteiger partial charge is 0.0682 e. The fraction of sp³-hybridized carbons (Fsp3) is 0.615. The van der Waals surface area contributed by atoms with Gasteiger partial charge in [-0.15, -0.1) is 0 Å². The number of halogens is 1. The van der Waals surface area contributed by atoms with Gasteiger partial charge in [0.1, 0.15) is 0 Å². The van der Waals surface area contributed by atoms with Gasteiger partial charge in [-0.2, -0.15) is 0 Å². The first-order chi connectivity index (χ1) is 8.56. The second-order valence-electron chi connectivity index (χ2n) is 5.20. The van der Waals surface area contributed by atoms with Crippen molar-refractivity contribution in [3.63, 3.8) is 0 Å². The highest BCUT2D eigenvalue weighted by Crippen LogP contribution is 2.23. The van der Waals surface area contributed by atoms with Crippen molar-refractivity contribution < 1.29 is 5.11 Å². The van der Waals surface area contributed by atoms with Crippen LogP contribution in [0.3, 0.4) is 0 Å². The number of hydrogen-bond acceptors (Lipinski definition) is 4. The second kappa shape index (κ2) is 5.97. The number of pyridine rings is 1. The second-order valence-corrected chi connectivity index (χ2v) is 5.61. The first-order valence-electron chi connectivity index (χ1n) is 6.21. The van der Waals surface area contributed by atoms with Crippen molar-refractivity contribution in [2.45, 2.75) is 25.1 Å². The van der Waals surface area contributed by atoms with Gasteiger partial charge in [0.05, 0.1) is 11.1 Å². The van der Waals surface area contributed by atoms with E-state index in [-0.39, 0.29) is 6.10 Å². The summed E-state index contributed by atoms with van der Waals surface area (Å²) in [4.78, 5) is 8.45. The van der Waals surface area contributed by atoms with Crippen molar-refractivity contribution in [3.05, 3.63) is 29.0 Å². The standard InChI is InChI=1S/C13H20ClN3O/c1-16(2)8-11-5-12(18)9-17(11)7-10-3-4-15-6-13(10)14/h3-4,6,11-12,18H,5,7-9H2,1-2H3. The normalized spacial score (nSPS) is 24.9. The van der Waals surface area contributed by atoms with Crippen LogP contribution < -0.4 is 0 Å². The van der Waals surface area contributed by atoms with Gasteiger partial charge in [-0.1, -0.05) is 11.6 Å². The molecule has 2 atom stereocenters. The predicted molar refractivity (Wildman–Crippen MR) is 72.6 cm³/mol. The third-order valence-electron chi connectivity index (χ3n) is 3.31. The van der Waals surface area contributed by atoms with Gasteiger partial charge in [-0.3, -0.25) is 9.88 Å². The summed E-state index contributed by atoms with van der Waals surface area (Å²) in [7, 11) is 4.12. The third kappa shape index (κ3) is 3.42. The molecule has 2 rings (SSSR count). The molecular weight excluding hydrogens is 250 g/mol. The van der Waals surface area contributed by atoms with Gasteiger partial charge in [0.2, 0.25) is 0 Å². The monoisotopic (exact) mass is 269 g/mol. The van der Waals surface area contributed by atoms with Crippen LogP contribution in [0.15, 0.2) is 18.5 Å². The Hall–Kier alpha value is -0.680. The van der Waals surface area contributed by atoms with Crippen LogP contribution in [0.1, 0.15) is 12.0 Å². The van der Waals surface area contributed by atoms with Gasteiger partial charge in [0, 0.05) is 38.1 Å². The summed E-state index contributed by atoms with van der Waals surface area (Å²) < 4.78 is 0. The minimum Gasteiger partial charge on any atom is -0.392 e. The molecule has 1 N–H and O–H groups in total. The zero-order valence-corrected chi connectivity index (χ0v) is 11.6. The Morgan fingerprint density at radius 3 is 3.00 bits per heavy atom. The Bertz CT molecular complexity index is 400. The maximum absolute atomic E-state index is 9.82. The van der Waals surface area contributed by atoms with E-state index in [2.05, 4.69) is 28.9 Å². The summed E-state index contributed by atoms with van der Waals surface area (Å²) in [5, 5.41) is 10.5. The molecule has 4 nitrogen and oxygen atoms in total. The van der Waals surface area contributed by atoms with Gasteiger partial charge >= 0.3 is 0 Å². The van der Waals surface area contributed by atoms with E-state index in [0.29, 0.717) is 11.1 Å². The molecule has 2 heterocycles. The van der Waals surface area contributed by atoms with Crippen molar-refractivity contribution >= 4 is 11.6 Å². The summed E-state index contributed by atoms with van der Waals surface area (Å²) in [5.74, 6) is 0. The Labute approximate surface area is 113 Å². The average Bonchev–Trinajstić information content (AvgIpc) is 2.61. The maximum atomic E-state index is 9.82. The molecule has 5 heteroatoms. The molecule has 0 aliphatic carbocycles. The Balaban J connectivity index is 2.05. The van der Waals surface area contributed by atoms with Gasteiger partial charge in [-0.05, 0) is 32.1 Å². The molecule has 1 aliphatic heterocycles. The van der Waals surface area contributed by atoms with Crippen molar-refractivity contribution in [3.8, 4) is 0 Å². The minimum atomic E-state index is -0.226. The number of rotatable bonds is 4. The molecule has 1 saturated heterocycles. The summed E-state index contributed by atoms with van der Waals surface area (Å²) >= 11 is 6.13. The van der Waals surface area contributed by atoms with Gasteiger partial charge < -0.3 is 10.0 Å². The molecule has 1 aromatic heterocycles. The number of aliphatic hydroxyl groups excluding tert-OH is 1. The zero-order chi connectivity index (χ0) is 13.1. The van der Waals surface area contributed by atoms with Crippen LogP contribution in [0, 0.1) is 0 Å². The molecule has 100 valence electrons. The quantitative estimate of drug-likeness (QED) is 0.893. The van der Waals surface area contributed by atoms with E-state index >= 15 is 0 Å². The van der Waals surface area contributed by atoms with Crippen LogP contribution in [0.2, 0.25) is 5.02 Å². The highest BCUT2D eigenvalue weighted by atomic mass is 35.5. The lowest BCUT2D eigenvalue weighted by Gasteiger charge is -2.26. The van der Waals surface area contributed by atoms with Crippen molar-refractivity contribution in [2.24, 2.45) is 0 Å². The molecule has 0 amide bonds. The first-order valence-corrected chi connectivity index (χ1v) is 6.59. The highest BCUT2D eigenvalue weighted by Gasteiger charge is 2.31. The van der Waals surface area contributed by atoms with E-state index in [1.54, 1.807) is 12.4 Å². The van der Waals surface area contributed by atoms with E-state index in [4.69, 9.17) is 11.6 Å². The molecule has 0 radical (unpaired) electrons. The number of likely N-dealkylation sites (tertiary alicyclic amines) is 1. The van der Waals surface area contributed by atoms with Gasteiger partial charge in [0.25, 0.3) is 0 Å². The molecular formula is C13H20ClN3O. The summed E-state index contributed by atoms with van der Waals surface area (Å²) in [6, 6.07) is 2.33. The van der Waals surface area contributed by atoms with Crippen molar-refractivity contribution in [1.82, 2.24) is 14.8 Å². The van der Waals surface area contributed by atoms with Crippen LogP contribution in [0.5, 0.6) is 0 Å². The lowest BCUT2D eigenvalue weighted by molar-refractivity contribution is 0.169. The van der Waals surface area contributed by atoms with Crippen molar-refractivity contribution in [2.75, 3.05) is 27.2 Å². The van der Waals surface area contributed by atoms with E-state index in [1.807, 2.05) is 6.07 Å². The first kappa shape index (κ1) is 13.7. The fourth-order valence-electron chi connectivity index (χ4n) is 2.51. The Morgan fingerprint density at radius 1 is 1.56 bits per heavy atom. The number of hydrogen-bond donors (Lipinski definition) is 1. The molecule has 0 aromatic carbocycles. The Morgan fingerprint density at radius 2 is 2.33 bits per heavy atom.